The molecule has 2 fully saturated rings. The summed E-state index contributed by atoms with van der Waals surface area (Å²) in [4.78, 5) is 0. The van der Waals surface area contributed by atoms with Crippen molar-refractivity contribution in [1.82, 2.24) is 0 Å². The summed E-state index contributed by atoms with van der Waals surface area (Å²) in [6.07, 6.45) is 4.13. The smallest absolute Gasteiger partial charge is 0.0729 e. The van der Waals surface area contributed by atoms with Gasteiger partial charge >= 0.3 is 0 Å². The van der Waals surface area contributed by atoms with Crippen LogP contribution in [0.3, 0.4) is 0 Å². The molecule has 2 aliphatic rings. The fourth-order valence-electron chi connectivity index (χ4n) is 3.69. The average Bonchev–Trinajstić information content (AvgIpc) is 2.50. The van der Waals surface area contributed by atoms with Crippen molar-refractivity contribution in [2.45, 2.75) is 44.2 Å². The van der Waals surface area contributed by atoms with E-state index in [0.29, 0.717) is 5.92 Å². The van der Waals surface area contributed by atoms with Gasteiger partial charge in [0.2, 0.25) is 0 Å². The summed E-state index contributed by atoms with van der Waals surface area (Å²) in [6.45, 7) is 4.60. The van der Waals surface area contributed by atoms with Gasteiger partial charge in [-0.2, -0.15) is 0 Å². The Hall–Kier alpha value is -0.420. The highest BCUT2D eigenvalue weighted by molar-refractivity contribution is 9.10. The lowest BCUT2D eigenvalue weighted by molar-refractivity contribution is -0.149. The number of hydrogen-bond donors (Lipinski definition) is 1. The molecule has 21 heavy (non-hydrogen) atoms. The molecule has 0 radical (unpaired) electrons. The normalized spacial score (nSPS) is 26.7. The minimum atomic E-state index is 0.0126. The largest absolute Gasteiger partial charge is 0.381 e. The molecule has 2 saturated heterocycles. The molecular formula is C17H24BrNO2. The summed E-state index contributed by atoms with van der Waals surface area (Å²) in [7, 11) is 0. The van der Waals surface area contributed by atoms with Crippen molar-refractivity contribution in [1.29, 1.82) is 0 Å². The third-order valence-corrected chi connectivity index (χ3v) is 5.54. The lowest BCUT2D eigenvalue weighted by Gasteiger charge is -2.45. The van der Waals surface area contributed by atoms with Gasteiger partial charge in [0.15, 0.2) is 0 Å². The molecule has 1 spiro atoms. The van der Waals surface area contributed by atoms with E-state index in [2.05, 4.69) is 41.1 Å². The Morgan fingerprint density at radius 2 is 2.05 bits per heavy atom. The molecule has 3 nitrogen and oxygen atoms in total. The SMILES string of the molecule is Cc1ccc(Br)cc1C(N)C1CCOC2(CCOCC2)C1. The summed E-state index contributed by atoms with van der Waals surface area (Å²) in [5.74, 6) is 0.491. The third kappa shape index (κ3) is 3.34. The summed E-state index contributed by atoms with van der Waals surface area (Å²) >= 11 is 3.56. The van der Waals surface area contributed by atoms with E-state index in [0.717, 1.165) is 50.0 Å². The second-order valence-corrected chi connectivity index (χ2v) is 7.34. The van der Waals surface area contributed by atoms with Gasteiger partial charge in [0.05, 0.1) is 5.60 Å². The van der Waals surface area contributed by atoms with E-state index in [1.165, 1.54) is 11.1 Å². The second kappa shape index (κ2) is 6.37. The van der Waals surface area contributed by atoms with Crippen LogP contribution in [0.15, 0.2) is 22.7 Å². The van der Waals surface area contributed by atoms with Crippen LogP contribution >= 0.6 is 15.9 Å². The molecule has 0 amide bonds. The van der Waals surface area contributed by atoms with Crippen LogP contribution in [0, 0.1) is 12.8 Å². The van der Waals surface area contributed by atoms with E-state index < -0.39 is 0 Å². The molecule has 1 aromatic carbocycles. The molecule has 2 atom stereocenters. The average molecular weight is 354 g/mol. The number of aryl methyl sites for hydroxylation is 1. The zero-order valence-corrected chi connectivity index (χ0v) is 14.2. The maximum Gasteiger partial charge on any atom is 0.0729 e. The van der Waals surface area contributed by atoms with E-state index >= 15 is 0 Å². The van der Waals surface area contributed by atoms with E-state index in [1.807, 2.05) is 0 Å². The predicted octanol–water partition coefficient (Wildman–Crippen LogP) is 3.73. The van der Waals surface area contributed by atoms with Crippen LogP contribution in [0.2, 0.25) is 0 Å². The Bertz CT molecular complexity index is 494. The number of nitrogens with two attached hydrogens (primary N) is 1. The van der Waals surface area contributed by atoms with E-state index in [9.17, 15) is 0 Å². The molecule has 0 aromatic heterocycles. The topological polar surface area (TPSA) is 44.5 Å². The number of benzene rings is 1. The van der Waals surface area contributed by atoms with Crippen LogP contribution in [0.4, 0.5) is 0 Å². The van der Waals surface area contributed by atoms with Crippen molar-refractivity contribution in [3.63, 3.8) is 0 Å². The van der Waals surface area contributed by atoms with Crippen molar-refractivity contribution in [2.75, 3.05) is 19.8 Å². The highest BCUT2D eigenvalue weighted by atomic mass is 79.9. The molecule has 2 unspecified atom stereocenters. The third-order valence-electron chi connectivity index (χ3n) is 5.04. The standard InChI is InChI=1S/C17H24BrNO2/c1-12-2-3-14(18)10-15(12)16(19)13-4-7-21-17(11-13)5-8-20-9-6-17/h2-3,10,13,16H,4-9,11,19H2,1H3. The van der Waals surface area contributed by atoms with E-state index in [4.69, 9.17) is 15.2 Å². The lowest BCUT2D eigenvalue weighted by Crippen LogP contribution is -2.46. The maximum atomic E-state index is 6.62. The Labute approximate surface area is 135 Å². The van der Waals surface area contributed by atoms with Gasteiger partial charge in [-0.3, -0.25) is 0 Å². The first kappa shape index (κ1) is 15.5. The van der Waals surface area contributed by atoms with Crippen molar-refractivity contribution >= 4 is 15.9 Å². The van der Waals surface area contributed by atoms with Gasteiger partial charge in [0.1, 0.15) is 0 Å². The van der Waals surface area contributed by atoms with Gasteiger partial charge in [-0.05, 0) is 61.8 Å². The van der Waals surface area contributed by atoms with Gasteiger partial charge in [-0.15, -0.1) is 0 Å². The molecule has 0 aliphatic carbocycles. The maximum absolute atomic E-state index is 6.62. The molecular weight excluding hydrogens is 330 g/mol. The Kier molecular flexibility index (Phi) is 4.69. The van der Waals surface area contributed by atoms with Crippen molar-refractivity contribution in [2.24, 2.45) is 11.7 Å². The van der Waals surface area contributed by atoms with E-state index in [-0.39, 0.29) is 11.6 Å². The quantitative estimate of drug-likeness (QED) is 0.880. The first-order valence-electron chi connectivity index (χ1n) is 7.83. The molecule has 0 saturated carbocycles. The molecule has 4 heteroatoms. The number of ether oxygens (including phenoxy) is 2. The highest BCUT2D eigenvalue weighted by Gasteiger charge is 2.41. The zero-order valence-electron chi connectivity index (χ0n) is 12.6. The Morgan fingerprint density at radius 1 is 1.29 bits per heavy atom. The first-order valence-corrected chi connectivity index (χ1v) is 8.62. The van der Waals surface area contributed by atoms with E-state index in [1.54, 1.807) is 0 Å². The van der Waals surface area contributed by atoms with Crippen LogP contribution < -0.4 is 5.73 Å². The predicted molar refractivity (Wildman–Crippen MR) is 87.3 cm³/mol. The van der Waals surface area contributed by atoms with Crippen molar-refractivity contribution in [3.05, 3.63) is 33.8 Å². The highest BCUT2D eigenvalue weighted by Crippen LogP contribution is 2.41. The molecule has 116 valence electrons. The molecule has 1 aromatic rings. The van der Waals surface area contributed by atoms with Crippen LogP contribution in [-0.2, 0) is 9.47 Å². The van der Waals surface area contributed by atoms with Gasteiger partial charge < -0.3 is 15.2 Å². The summed E-state index contributed by atoms with van der Waals surface area (Å²) in [5.41, 5.74) is 9.17. The molecule has 2 N–H and O–H groups in total. The van der Waals surface area contributed by atoms with Crippen LogP contribution in [0.5, 0.6) is 0 Å². The van der Waals surface area contributed by atoms with Crippen molar-refractivity contribution in [3.8, 4) is 0 Å². The zero-order chi connectivity index (χ0) is 14.9. The second-order valence-electron chi connectivity index (χ2n) is 6.42. The van der Waals surface area contributed by atoms with Crippen LogP contribution in [0.1, 0.15) is 42.9 Å². The van der Waals surface area contributed by atoms with Crippen LogP contribution in [0.25, 0.3) is 0 Å². The summed E-state index contributed by atoms with van der Waals surface area (Å²) in [6, 6.07) is 6.48. The summed E-state index contributed by atoms with van der Waals surface area (Å²) < 4.78 is 12.7. The Morgan fingerprint density at radius 3 is 2.81 bits per heavy atom. The van der Waals surface area contributed by atoms with Crippen LogP contribution in [-0.4, -0.2) is 25.4 Å². The molecule has 2 heterocycles. The Balaban J connectivity index is 1.77. The number of hydrogen-bond acceptors (Lipinski definition) is 3. The minimum Gasteiger partial charge on any atom is -0.381 e. The lowest BCUT2D eigenvalue weighted by atomic mass is 9.76. The van der Waals surface area contributed by atoms with Gasteiger partial charge in [0.25, 0.3) is 0 Å². The number of halogens is 1. The van der Waals surface area contributed by atoms with Crippen molar-refractivity contribution < 1.29 is 9.47 Å². The van der Waals surface area contributed by atoms with Gasteiger partial charge in [0, 0.05) is 30.3 Å². The monoisotopic (exact) mass is 353 g/mol. The molecule has 2 aliphatic heterocycles. The molecule has 3 rings (SSSR count). The molecule has 0 bridgehead atoms. The fraction of sp³-hybridized carbons (Fsp3) is 0.647. The van der Waals surface area contributed by atoms with Gasteiger partial charge in [-0.1, -0.05) is 22.0 Å². The fourth-order valence-corrected chi connectivity index (χ4v) is 4.07. The minimum absolute atomic E-state index is 0.0126. The van der Waals surface area contributed by atoms with Gasteiger partial charge in [-0.25, -0.2) is 0 Å². The number of rotatable bonds is 2. The first-order chi connectivity index (χ1) is 10.1. The summed E-state index contributed by atoms with van der Waals surface area (Å²) in [5, 5.41) is 0.